The van der Waals surface area contributed by atoms with Crippen LogP contribution in [-0.2, 0) is 18.9 Å². The molecule has 8 aliphatic rings. The SMILES string of the molecule is CC1CC2OC3(OC2C(C)(C)O)C1C1(C)CCC24CC25C(O)CC(OC2OCC(O)C(O)C2O)C(C)(C)C5CCC4C1(C)C3O. The molecule has 8 fully saturated rings. The fourth-order valence-electron chi connectivity index (χ4n) is 13.9. The molecule has 256 valence electrons. The van der Waals surface area contributed by atoms with E-state index >= 15 is 0 Å². The molecule has 5 saturated carbocycles. The van der Waals surface area contributed by atoms with Gasteiger partial charge < -0.3 is 49.6 Å². The zero-order valence-electron chi connectivity index (χ0n) is 28.0. The molecule has 45 heavy (non-hydrogen) atoms. The van der Waals surface area contributed by atoms with Gasteiger partial charge in [-0.3, -0.25) is 0 Å². The van der Waals surface area contributed by atoms with Crippen LogP contribution in [0.3, 0.4) is 0 Å². The third-order valence-electron chi connectivity index (χ3n) is 15.9. The van der Waals surface area contributed by atoms with Gasteiger partial charge in [-0.05, 0) is 86.4 Å². The number of ether oxygens (including phenoxy) is 4. The van der Waals surface area contributed by atoms with E-state index in [1.165, 1.54) is 0 Å². The lowest BCUT2D eigenvalue weighted by molar-refractivity contribution is -0.309. The Kier molecular flexibility index (Phi) is 6.53. The molecule has 0 aromatic heterocycles. The Morgan fingerprint density at radius 1 is 0.867 bits per heavy atom. The zero-order valence-corrected chi connectivity index (χ0v) is 28.0. The maximum absolute atomic E-state index is 12.7. The van der Waals surface area contributed by atoms with Gasteiger partial charge in [0.05, 0.1) is 30.5 Å². The van der Waals surface area contributed by atoms with Crippen molar-refractivity contribution < 1.29 is 49.6 Å². The fourth-order valence-corrected chi connectivity index (χ4v) is 13.9. The average Bonchev–Trinajstić information content (AvgIpc) is 3.51. The van der Waals surface area contributed by atoms with E-state index in [0.29, 0.717) is 6.42 Å². The molecule has 10 nitrogen and oxygen atoms in total. The minimum atomic E-state index is -1.37. The first-order chi connectivity index (χ1) is 20.8. The highest BCUT2D eigenvalue weighted by Crippen LogP contribution is 2.90. The van der Waals surface area contributed by atoms with Crippen molar-refractivity contribution in [3.8, 4) is 0 Å². The number of aliphatic hydroxyl groups is 6. The van der Waals surface area contributed by atoms with Crippen molar-refractivity contribution in [1.82, 2.24) is 0 Å². The molecule has 2 bridgehead atoms. The van der Waals surface area contributed by atoms with Crippen LogP contribution in [0.1, 0.15) is 93.4 Å². The van der Waals surface area contributed by atoms with Crippen LogP contribution >= 0.6 is 0 Å². The summed E-state index contributed by atoms with van der Waals surface area (Å²) in [6.45, 7) is 14.7. The fraction of sp³-hybridized carbons (Fsp3) is 1.00. The minimum absolute atomic E-state index is 0.000311. The Morgan fingerprint density at radius 2 is 1.56 bits per heavy atom. The van der Waals surface area contributed by atoms with Gasteiger partial charge in [0.25, 0.3) is 0 Å². The van der Waals surface area contributed by atoms with Crippen molar-refractivity contribution in [2.24, 2.45) is 50.7 Å². The first-order valence-electron chi connectivity index (χ1n) is 17.6. The summed E-state index contributed by atoms with van der Waals surface area (Å²) < 4.78 is 25.6. The Hall–Kier alpha value is -0.400. The van der Waals surface area contributed by atoms with Crippen molar-refractivity contribution in [1.29, 1.82) is 0 Å². The van der Waals surface area contributed by atoms with Crippen LogP contribution in [0.25, 0.3) is 0 Å². The number of hydrogen-bond donors (Lipinski definition) is 6. The molecule has 10 heteroatoms. The summed E-state index contributed by atoms with van der Waals surface area (Å²) in [5, 5.41) is 66.7. The van der Waals surface area contributed by atoms with Crippen molar-refractivity contribution in [2.45, 2.75) is 160 Å². The van der Waals surface area contributed by atoms with Gasteiger partial charge in [0.1, 0.15) is 30.5 Å². The van der Waals surface area contributed by atoms with Gasteiger partial charge >= 0.3 is 0 Å². The van der Waals surface area contributed by atoms with E-state index in [1.807, 2.05) is 0 Å². The second-order valence-electron chi connectivity index (χ2n) is 18.4. The van der Waals surface area contributed by atoms with Crippen LogP contribution < -0.4 is 0 Å². The second kappa shape index (κ2) is 9.23. The summed E-state index contributed by atoms with van der Waals surface area (Å²) in [5.41, 5.74) is -2.59. The van der Waals surface area contributed by atoms with Crippen LogP contribution in [0, 0.1) is 50.7 Å². The maximum Gasteiger partial charge on any atom is 0.199 e. The molecule has 3 heterocycles. The van der Waals surface area contributed by atoms with Crippen LogP contribution in [0.2, 0.25) is 0 Å². The third-order valence-corrected chi connectivity index (χ3v) is 15.9. The third kappa shape index (κ3) is 3.51. The van der Waals surface area contributed by atoms with E-state index < -0.39 is 65.8 Å². The number of aliphatic hydroxyl groups excluding tert-OH is 5. The van der Waals surface area contributed by atoms with E-state index in [-0.39, 0.29) is 58.0 Å². The molecule has 8 rings (SSSR count). The van der Waals surface area contributed by atoms with Gasteiger partial charge in [-0.15, -0.1) is 0 Å². The van der Waals surface area contributed by atoms with Gasteiger partial charge in [-0.25, -0.2) is 0 Å². The van der Waals surface area contributed by atoms with Gasteiger partial charge in [0.2, 0.25) is 0 Å². The predicted octanol–water partition coefficient (Wildman–Crippen LogP) is 2.09. The monoisotopic (exact) mass is 636 g/mol. The van der Waals surface area contributed by atoms with E-state index in [9.17, 15) is 30.6 Å². The van der Waals surface area contributed by atoms with E-state index in [2.05, 4.69) is 34.6 Å². The quantitative estimate of drug-likeness (QED) is 0.254. The van der Waals surface area contributed by atoms with Gasteiger partial charge in [-0.1, -0.05) is 34.6 Å². The molecule has 5 aliphatic carbocycles. The zero-order chi connectivity index (χ0) is 32.5. The molecule has 6 N–H and O–H groups in total. The predicted molar refractivity (Wildman–Crippen MR) is 160 cm³/mol. The van der Waals surface area contributed by atoms with Crippen molar-refractivity contribution >= 4 is 0 Å². The molecule has 3 saturated heterocycles. The van der Waals surface area contributed by atoms with Crippen LogP contribution in [0.15, 0.2) is 0 Å². The smallest absolute Gasteiger partial charge is 0.199 e. The van der Waals surface area contributed by atoms with Crippen LogP contribution in [0.4, 0.5) is 0 Å². The summed E-state index contributed by atoms with van der Waals surface area (Å²) in [7, 11) is 0. The Morgan fingerprint density at radius 3 is 2.24 bits per heavy atom. The lowest BCUT2D eigenvalue weighted by atomic mass is 9.41. The van der Waals surface area contributed by atoms with E-state index in [0.717, 1.165) is 38.5 Å². The minimum Gasteiger partial charge on any atom is -0.392 e. The number of fused-ring (bicyclic) bond motifs is 4. The van der Waals surface area contributed by atoms with Crippen LogP contribution in [-0.4, -0.2) is 104 Å². The lowest BCUT2D eigenvalue weighted by Gasteiger charge is -2.64. The van der Waals surface area contributed by atoms with Crippen molar-refractivity contribution in [2.75, 3.05) is 6.61 Å². The maximum atomic E-state index is 12.7. The molecule has 18 atom stereocenters. The topological polar surface area (TPSA) is 158 Å². The number of hydrogen-bond acceptors (Lipinski definition) is 10. The summed E-state index contributed by atoms with van der Waals surface area (Å²) in [6, 6.07) is 0. The largest absolute Gasteiger partial charge is 0.392 e. The van der Waals surface area contributed by atoms with E-state index in [4.69, 9.17) is 18.9 Å². The molecule has 0 radical (unpaired) electrons. The van der Waals surface area contributed by atoms with Crippen LogP contribution in [0.5, 0.6) is 0 Å². The lowest BCUT2D eigenvalue weighted by Crippen LogP contribution is -2.64. The van der Waals surface area contributed by atoms with Gasteiger partial charge in [-0.2, -0.15) is 0 Å². The number of rotatable bonds is 3. The molecule has 0 aromatic carbocycles. The average molecular weight is 637 g/mol. The molecule has 3 aliphatic heterocycles. The molecule has 3 spiro atoms. The first-order valence-corrected chi connectivity index (χ1v) is 17.6. The normalized spacial score (nSPS) is 62.7. The standard InChI is InChI=1S/C35H56O10/c1-16-12-18-26(30(4,5)41)45-35(44-18)25(16)31(6)10-11-33-15-34(33)19(8-9-20(33)32(31,7)28(35)40)29(2,3)22(13-21(34)37)43-27-24(39)23(38)17(36)14-42-27/h16-28,36-41H,8-15H2,1-7H3. The Bertz CT molecular complexity index is 1240. The summed E-state index contributed by atoms with van der Waals surface area (Å²) in [6.07, 6.45) is -1.79. The summed E-state index contributed by atoms with van der Waals surface area (Å²) in [5.74, 6) is -0.537. The summed E-state index contributed by atoms with van der Waals surface area (Å²) in [4.78, 5) is 0. The van der Waals surface area contributed by atoms with Crippen molar-refractivity contribution in [3.63, 3.8) is 0 Å². The van der Waals surface area contributed by atoms with Gasteiger partial charge in [0.15, 0.2) is 12.1 Å². The molecule has 18 unspecified atom stereocenters. The second-order valence-corrected chi connectivity index (χ2v) is 18.4. The Labute approximate surface area is 266 Å². The first kappa shape index (κ1) is 31.8. The highest BCUT2D eigenvalue weighted by Gasteiger charge is 2.89. The molecule has 0 aromatic rings. The molecular formula is C35H56O10. The van der Waals surface area contributed by atoms with E-state index in [1.54, 1.807) is 13.8 Å². The van der Waals surface area contributed by atoms with Gasteiger partial charge in [0, 0.05) is 23.2 Å². The molecular weight excluding hydrogens is 580 g/mol. The summed E-state index contributed by atoms with van der Waals surface area (Å²) >= 11 is 0. The highest BCUT2D eigenvalue weighted by atomic mass is 16.8. The van der Waals surface area contributed by atoms with Crippen molar-refractivity contribution in [3.05, 3.63) is 0 Å². The Balaban J connectivity index is 1.12. The molecule has 0 amide bonds. The highest BCUT2D eigenvalue weighted by molar-refractivity contribution is 5.35.